The lowest BCUT2D eigenvalue weighted by Gasteiger charge is -2.58. The quantitative estimate of drug-likeness (QED) is 0.509. The normalized spacial score (nSPS) is 38.6. The number of benzene rings is 1. The fourth-order valence-electron chi connectivity index (χ4n) is 9.18. The molecule has 194 valence electrons. The van der Waals surface area contributed by atoms with Gasteiger partial charge < -0.3 is 10.4 Å². The fourth-order valence-corrected chi connectivity index (χ4v) is 9.18. The van der Waals surface area contributed by atoms with E-state index >= 15 is 0 Å². The molecule has 0 spiro atoms. The first-order chi connectivity index (χ1) is 17.4. The van der Waals surface area contributed by atoms with Gasteiger partial charge in [0.05, 0.1) is 24.5 Å². The van der Waals surface area contributed by atoms with Crippen molar-refractivity contribution in [3.63, 3.8) is 0 Å². The molecular formula is C31H44N4O. The van der Waals surface area contributed by atoms with Crippen LogP contribution in [-0.2, 0) is 13.1 Å². The molecule has 3 fully saturated rings. The SMILES string of the molecule is C[C@H](NCc1cn(Cc2ccccc2)nn1)[C@H]1CC[C@H]2[C@@H]3CC=C4C[C@@H](O)CC[C@]4(C)[C@H]3CC[C@]12C. The number of rotatable bonds is 6. The van der Waals surface area contributed by atoms with E-state index in [4.69, 9.17) is 0 Å². The van der Waals surface area contributed by atoms with E-state index in [0.29, 0.717) is 22.8 Å². The maximum Gasteiger partial charge on any atom is 0.0965 e. The predicted molar refractivity (Wildman–Crippen MR) is 143 cm³/mol. The van der Waals surface area contributed by atoms with Crippen molar-refractivity contribution < 1.29 is 5.11 Å². The number of hydrogen-bond donors (Lipinski definition) is 2. The molecule has 2 N–H and O–H groups in total. The highest BCUT2D eigenvalue weighted by atomic mass is 16.3. The van der Waals surface area contributed by atoms with Crippen LogP contribution in [0.1, 0.15) is 83.4 Å². The molecule has 1 aromatic carbocycles. The number of allylic oxidation sites excluding steroid dienone is 1. The van der Waals surface area contributed by atoms with E-state index in [1.807, 2.05) is 10.7 Å². The van der Waals surface area contributed by atoms with Crippen LogP contribution in [0, 0.1) is 34.5 Å². The summed E-state index contributed by atoms with van der Waals surface area (Å²) in [6.07, 6.45) is 14.3. The van der Waals surface area contributed by atoms with Gasteiger partial charge in [0.25, 0.3) is 0 Å². The van der Waals surface area contributed by atoms with Crippen LogP contribution < -0.4 is 5.32 Å². The second-order valence-electron chi connectivity index (χ2n) is 12.9. The standard InChI is InChI=1S/C31H44N4O/c1-21(32-18-24-20-35(34-33-24)19-22-7-5-4-6-8-22)27-11-12-28-26-10-9-23-17-25(36)13-15-30(23,2)29(26)14-16-31(27,28)3/h4-9,20-21,25-29,32,36H,10-19H2,1-3H3/t21-,25-,26-,27+,28-,29-,30-,31+/m0/s1. The van der Waals surface area contributed by atoms with Gasteiger partial charge in [-0.25, -0.2) is 4.68 Å². The first kappa shape index (κ1) is 24.4. The molecule has 4 aliphatic carbocycles. The first-order valence-electron chi connectivity index (χ1n) is 14.4. The highest BCUT2D eigenvalue weighted by Crippen LogP contribution is 2.66. The second kappa shape index (κ2) is 9.40. The van der Waals surface area contributed by atoms with Gasteiger partial charge in [-0.1, -0.05) is 61.0 Å². The molecule has 5 heteroatoms. The molecule has 0 radical (unpaired) electrons. The van der Waals surface area contributed by atoms with Crippen molar-refractivity contribution in [2.75, 3.05) is 0 Å². The minimum absolute atomic E-state index is 0.113. The molecule has 6 rings (SSSR count). The lowest BCUT2D eigenvalue weighted by Crippen LogP contribution is -2.52. The van der Waals surface area contributed by atoms with E-state index < -0.39 is 0 Å². The van der Waals surface area contributed by atoms with E-state index in [-0.39, 0.29) is 6.10 Å². The van der Waals surface area contributed by atoms with Gasteiger partial charge in [-0.05, 0) is 98.4 Å². The number of fused-ring (bicyclic) bond motifs is 5. The topological polar surface area (TPSA) is 63.0 Å². The lowest BCUT2D eigenvalue weighted by molar-refractivity contribution is -0.0536. The van der Waals surface area contributed by atoms with Gasteiger partial charge >= 0.3 is 0 Å². The maximum absolute atomic E-state index is 10.3. The molecule has 1 heterocycles. The van der Waals surface area contributed by atoms with Crippen LogP contribution in [0.4, 0.5) is 0 Å². The van der Waals surface area contributed by atoms with Gasteiger partial charge in [0.2, 0.25) is 0 Å². The lowest BCUT2D eigenvalue weighted by atomic mass is 9.47. The van der Waals surface area contributed by atoms with Crippen molar-refractivity contribution in [1.82, 2.24) is 20.3 Å². The van der Waals surface area contributed by atoms with Gasteiger partial charge in [0, 0.05) is 12.6 Å². The molecule has 2 aromatic rings. The van der Waals surface area contributed by atoms with Crippen molar-refractivity contribution in [3.8, 4) is 0 Å². The zero-order valence-corrected chi connectivity index (χ0v) is 22.4. The van der Waals surface area contributed by atoms with Gasteiger partial charge in [-0.2, -0.15) is 0 Å². The summed E-state index contributed by atoms with van der Waals surface area (Å²) in [5.41, 5.74) is 4.61. The summed E-state index contributed by atoms with van der Waals surface area (Å²) in [6.45, 7) is 9.10. The molecule has 0 saturated heterocycles. The maximum atomic E-state index is 10.3. The Kier molecular flexibility index (Phi) is 6.36. The Labute approximate surface area is 216 Å². The zero-order chi connectivity index (χ0) is 24.9. The van der Waals surface area contributed by atoms with Crippen LogP contribution in [0.15, 0.2) is 48.2 Å². The summed E-state index contributed by atoms with van der Waals surface area (Å²) >= 11 is 0. The highest BCUT2D eigenvalue weighted by Gasteiger charge is 2.59. The van der Waals surface area contributed by atoms with Crippen molar-refractivity contribution in [2.24, 2.45) is 34.5 Å². The number of hydrogen-bond acceptors (Lipinski definition) is 4. The number of aliphatic hydroxyl groups is 1. The average Bonchev–Trinajstić information content (AvgIpc) is 3.47. The first-order valence-corrected chi connectivity index (χ1v) is 14.4. The van der Waals surface area contributed by atoms with Gasteiger partial charge in [0.15, 0.2) is 0 Å². The molecule has 8 atom stereocenters. The van der Waals surface area contributed by atoms with Crippen molar-refractivity contribution in [1.29, 1.82) is 0 Å². The van der Waals surface area contributed by atoms with Crippen LogP contribution in [0.25, 0.3) is 0 Å². The number of aliphatic hydroxyl groups excluding tert-OH is 1. The molecule has 0 bridgehead atoms. The number of aromatic nitrogens is 3. The Balaban J connectivity index is 1.10. The predicted octanol–water partition coefficient (Wildman–Crippen LogP) is 5.74. The average molecular weight is 489 g/mol. The van der Waals surface area contributed by atoms with Gasteiger partial charge in [-0.3, -0.25) is 0 Å². The Morgan fingerprint density at radius 2 is 1.92 bits per heavy atom. The van der Waals surface area contributed by atoms with E-state index in [1.165, 1.54) is 44.1 Å². The Hall–Kier alpha value is -1.98. The summed E-state index contributed by atoms with van der Waals surface area (Å²) in [5, 5.41) is 22.9. The summed E-state index contributed by atoms with van der Waals surface area (Å²) in [5.74, 6) is 3.18. The summed E-state index contributed by atoms with van der Waals surface area (Å²) < 4.78 is 1.95. The summed E-state index contributed by atoms with van der Waals surface area (Å²) in [6, 6.07) is 10.9. The van der Waals surface area contributed by atoms with Gasteiger partial charge in [-0.15, -0.1) is 5.10 Å². The zero-order valence-electron chi connectivity index (χ0n) is 22.4. The molecule has 0 aliphatic heterocycles. The summed E-state index contributed by atoms with van der Waals surface area (Å²) in [7, 11) is 0. The van der Waals surface area contributed by atoms with Crippen LogP contribution >= 0.6 is 0 Å². The van der Waals surface area contributed by atoms with Crippen molar-refractivity contribution in [2.45, 2.75) is 97.4 Å². The molecular weight excluding hydrogens is 444 g/mol. The third kappa shape index (κ3) is 4.16. The Morgan fingerprint density at radius 1 is 1.08 bits per heavy atom. The smallest absolute Gasteiger partial charge is 0.0965 e. The number of nitrogens with zero attached hydrogens (tertiary/aromatic N) is 3. The van der Waals surface area contributed by atoms with E-state index in [0.717, 1.165) is 49.4 Å². The van der Waals surface area contributed by atoms with E-state index in [2.05, 4.69) is 72.9 Å². The highest BCUT2D eigenvalue weighted by molar-refractivity contribution is 5.25. The van der Waals surface area contributed by atoms with Crippen LogP contribution in [0.5, 0.6) is 0 Å². The molecule has 5 nitrogen and oxygen atoms in total. The fraction of sp³-hybridized carbons (Fsp3) is 0.677. The third-order valence-electron chi connectivity index (χ3n) is 11.1. The minimum Gasteiger partial charge on any atom is -0.393 e. The monoisotopic (exact) mass is 488 g/mol. The van der Waals surface area contributed by atoms with Crippen molar-refractivity contribution >= 4 is 0 Å². The molecule has 1 aromatic heterocycles. The van der Waals surface area contributed by atoms with E-state index in [1.54, 1.807) is 5.57 Å². The minimum atomic E-state index is -0.113. The number of nitrogens with one attached hydrogen (secondary N) is 1. The third-order valence-corrected chi connectivity index (χ3v) is 11.1. The molecule has 3 saturated carbocycles. The van der Waals surface area contributed by atoms with Gasteiger partial charge in [0.1, 0.15) is 0 Å². The molecule has 36 heavy (non-hydrogen) atoms. The van der Waals surface area contributed by atoms with Crippen molar-refractivity contribution in [3.05, 3.63) is 59.4 Å². The molecule has 4 aliphatic rings. The van der Waals surface area contributed by atoms with Crippen LogP contribution in [0.3, 0.4) is 0 Å². The largest absolute Gasteiger partial charge is 0.393 e. The van der Waals surface area contributed by atoms with E-state index in [9.17, 15) is 5.11 Å². The Morgan fingerprint density at radius 3 is 2.75 bits per heavy atom. The van der Waals surface area contributed by atoms with Crippen LogP contribution in [0.2, 0.25) is 0 Å². The molecule has 0 amide bonds. The van der Waals surface area contributed by atoms with Crippen LogP contribution in [-0.4, -0.2) is 32.2 Å². The second-order valence-corrected chi connectivity index (χ2v) is 12.9. The summed E-state index contributed by atoms with van der Waals surface area (Å²) in [4.78, 5) is 0. The Bertz CT molecular complexity index is 1100. The molecule has 0 unspecified atom stereocenters.